The summed E-state index contributed by atoms with van der Waals surface area (Å²) in [5.74, 6) is -3.27. The standard InChI is InChI=1S/C9H8N2O2.C2HF3O2/c10-9(13)5-1-2-7-6(3-5)4-8(12)11-7;3-2(4,5)1(6)7/h1-3H,4H2,(H2,10,13)(H,11,12);(H,6,7). The van der Waals surface area contributed by atoms with Crippen LogP contribution in [0, 0.1) is 0 Å². The van der Waals surface area contributed by atoms with Crippen molar-refractivity contribution in [3.8, 4) is 0 Å². The molecule has 1 aliphatic rings. The number of nitrogens with one attached hydrogen (secondary N) is 1. The molecule has 20 heavy (non-hydrogen) atoms. The zero-order valence-electron chi connectivity index (χ0n) is 9.82. The minimum atomic E-state index is -5.08. The van der Waals surface area contributed by atoms with Crippen LogP contribution in [0.1, 0.15) is 15.9 Å². The highest BCUT2D eigenvalue weighted by Gasteiger charge is 2.38. The summed E-state index contributed by atoms with van der Waals surface area (Å²) in [5.41, 5.74) is 7.15. The zero-order chi connectivity index (χ0) is 15.5. The van der Waals surface area contributed by atoms with Gasteiger partial charge in [-0.15, -0.1) is 0 Å². The van der Waals surface area contributed by atoms with Gasteiger partial charge in [0, 0.05) is 11.3 Å². The van der Waals surface area contributed by atoms with Crippen LogP contribution in [0.5, 0.6) is 0 Å². The van der Waals surface area contributed by atoms with E-state index in [1.165, 1.54) is 0 Å². The number of aliphatic carboxylic acids is 1. The second-order valence-corrected chi connectivity index (χ2v) is 3.76. The van der Waals surface area contributed by atoms with Crippen molar-refractivity contribution in [2.75, 3.05) is 5.32 Å². The molecule has 0 fully saturated rings. The van der Waals surface area contributed by atoms with E-state index in [2.05, 4.69) is 5.32 Å². The summed E-state index contributed by atoms with van der Waals surface area (Å²) >= 11 is 0. The maximum Gasteiger partial charge on any atom is 0.490 e. The highest BCUT2D eigenvalue weighted by Crippen LogP contribution is 2.23. The number of alkyl halides is 3. The van der Waals surface area contributed by atoms with Gasteiger partial charge in [0.15, 0.2) is 0 Å². The van der Waals surface area contributed by atoms with Crippen LogP contribution in [0.15, 0.2) is 18.2 Å². The summed E-state index contributed by atoms with van der Waals surface area (Å²) in [4.78, 5) is 30.6. The zero-order valence-corrected chi connectivity index (χ0v) is 9.82. The molecule has 0 atom stereocenters. The second-order valence-electron chi connectivity index (χ2n) is 3.76. The number of primary amides is 1. The Morgan fingerprint density at radius 1 is 1.30 bits per heavy atom. The molecular weight excluding hydrogens is 281 g/mol. The minimum Gasteiger partial charge on any atom is -0.475 e. The Balaban J connectivity index is 0.000000246. The lowest BCUT2D eigenvalue weighted by molar-refractivity contribution is -0.192. The monoisotopic (exact) mass is 290 g/mol. The van der Waals surface area contributed by atoms with Gasteiger partial charge in [-0.2, -0.15) is 13.2 Å². The number of rotatable bonds is 1. The Morgan fingerprint density at radius 2 is 1.85 bits per heavy atom. The maximum atomic E-state index is 11.0. The first-order valence-corrected chi connectivity index (χ1v) is 5.14. The van der Waals surface area contributed by atoms with E-state index in [1.54, 1.807) is 18.2 Å². The van der Waals surface area contributed by atoms with Crippen LogP contribution in [0.3, 0.4) is 0 Å². The molecule has 0 saturated heterocycles. The molecule has 0 unspecified atom stereocenters. The molecule has 0 spiro atoms. The number of carbonyl (C=O) groups excluding carboxylic acids is 2. The quantitative estimate of drug-likeness (QED) is 0.714. The molecule has 1 aromatic rings. The molecule has 2 rings (SSSR count). The van der Waals surface area contributed by atoms with E-state index in [-0.39, 0.29) is 5.91 Å². The Hall–Kier alpha value is -2.58. The van der Waals surface area contributed by atoms with E-state index in [0.717, 1.165) is 11.3 Å². The van der Waals surface area contributed by atoms with Crippen molar-refractivity contribution >= 4 is 23.5 Å². The van der Waals surface area contributed by atoms with Crippen LogP contribution in [0.2, 0.25) is 0 Å². The topological polar surface area (TPSA) is 109 Å². The van der Waals surface area contributed by atoms with Gasteiger partial charge in [0.25, 0.3) is 0 Å². The summed E-state index contributed by atoms with van der Waals surface area (Å²) < 4.78 is 31.7. The number of carboxylic acids is 1. The van der Waals surface area contributed by atoms with E-state index >= 15 is 0 Å². The lowest BCUT2D eigenvalue weighted by Gasteiger charge is -1.99. The van der Waals surface area contributed by atoms with E-state index in [4.69, 9.17) is 15.6 Å². The molecule has 9 heteroatoms. The van der Waals surface area contributed by atoms with Gasteiger partial charge in [0.2, 0.25) is 11.8 Å². The van der Waals surface area contributed by atoms with Crippen molar-refractivity contribution in [2.45, 2.75) is 12.6 Å². The smallest absolute Gasteiger partial charge is 0.475 e. The average molecular weight is 290 g/mol. The van der Waals surface area contributed by atoms with Crippen molar-refractivity contribution in [1.29, 1.82) is 0 Å². The molecule has 2 amide bonds. The number of hydrogen-bond acceptors (Lipinski definition) is 3. The van der Waals surface area contributed by atoms with Gasteiger partial charge in [-0.1, -0.05) is 0 Å². The van der Waals surface area contributed by atoms with Crippen LogP contribution >= 0.6 is 0 Å². The van der Waals surface area contributed by atoms with Crippen molar-refractivity contribution in [3.05, 3.63) is 29.3 Å². The molecule has 1 heterocycles. The number of anilines is 1. The van der Waals surface area contributed by atoms with Crippen LogP contribution in [-0.2, 0) is 16.0 Å². The summed E-state index contributed by atoms with van der Waals surface area (Å²) in [7, 11) is 0. The first kappa shape index (κ1) is 15.5. The van der Waals surface area contributed by atoms with Crippen molar-refractivity contribution in [2.24, 2.45) is 5.73 Å². The molecule has 4 N–H and O–H groups in total. The number of benzene rings is 1. The number of amides is 2. The number of halogens is 3. The van der Waals surface area contributed by atoms with Gasteiger partial charge in [0.1, 0.15) is 0 Å². The van der Waals surface area contributed by atoms with Gasteiger partial charge in [-0.3, -0.25) is 9.59 Å². The predicted molar refractivity (Wildman–Crippen MR) is 61.0 cm³/mol. The lowest BCUT2D eigenvalue weighted by atomic mass is 10.1. The summed E-state index contributed by atoms with van der Waals surface area (Å²) in [6.45, 7) is 0. The van der Waals surface area contributed by atoms with Gasteiger partial charge in [0.05, 0.1) is 6.42 Å². The largest absolute Gasteiger partial charge is 0.490 e. The highest BCUT2D eigenvalue weighted by molar-refractivity contribution is 6.01. The fourth-order valence-electron chi connectivity index (χ4n) is 1.38. The summed E-state index contributed by atoms with van der Waals surface area (Å²) in [5, 5.41) is 9.80. The van der Waals surface area contributed by atoms with Crippen LogP contribution in [0.4, 0.5) is 18.9 Å². The Kier molecular flexibility index (Phi) is 4.33. The molecule has 1 aliphatic heterocycles. The van der Waals surface area contributed by atoms with Crippen LogP contribution in [-0.4, -0.2) is 29.1 Å². The third-order valence-corrected chi connectivity index (χ3v) is 2.26. The number of hydrogen-bond donors (Lipinski definition) is 3. The predicted octanol–water partition coefficient (Wildman–Crippen LogP) is 0.913. The summed E-state index contributed by atoms with van der Waals surface area (Å²) in [6, 6.07) is 4.95. The van der Waals surface area contributed by atoms with Gasteiger partial charge >= 0.3 is 12.1 Å². The second kappa shape index (κ2) is 5.59. The fraction of sp³-hybridized carbons (Fsp3) is 0.182. The third-order valence-electron chi connectivity index (χ3n) is 2.26. The first-order chi connectivity index (χ1) is 9.11. The molecular formula is C11H9F3N2O4. The Morgan fingerprint density at radius 3 is 2.30 bits per heavy atom. The molecule has 0 saturated carbocycles. The van der Waals surface area contributed by atoms with Crippen molar-refractivity contribution in [1.82, 2.24) is 0 Å². The first-order valence-electron chi connectivity index (χ1n) is 5.14. The molecule has 0 radical (unpaired) electrons. The minimum absolute atomic E-state index is 0.0448. The van der Waals surface area contributed by atoms with E-state index in [9.17, 15) is 22.8 Å². The van der Waals surface area contributed by atoms with Crippen molar-refractivity contribution < 1.29 is 32.7 Å². The van der Waals surface area contributed by atoms with Gasteiger partial charge in [-0.25, -0.2) is 4.79 Å². The Labute approximate surface area is 110 Å². The number of carbonyl (C=O) groups is 3. The van der Waals surface area contributed by atoms with E-state index < -0.39 is 18.1 Å². The summed E-state index contributed by atoms with van der Waals surface area (Å²) in [6.07, 6.45) is -4.75. The van der Waals surface area contributed by atoms with Crippen LogP contribution < -0.4 is 11.1 Å². The van der Waals surface area contributed by atoms with Crippen LogP contribution in [0.25, 0.3) is 0 Å². The van der Waals surface area contributed by atoms with Crippen molar-refractivity contribution in [3.63, 3.8) is 0 Å². The number of nitrogens with two attached hydrogens (primary N) is 1. The van der Waals surface area contributed by atoms with E-state index in [1.807, 2.05) is 0 Å². The normalized spacial score (nSPS) is 12.8. The van der Waals surface area contributed by atoms with E-state index in [0.29, 0.717) is 12.0 Å². The fourth-order valence-corrected chi connectivity index (χ4v) is 1.38. The number of fused-ring (bicyclic) bond motifs is 1. The molecule has 0 aromatic heterocycles. The molecule has 108 valence electrons. The number of carboxylic acid groups (broad SMARTS) is 1. The average Bonchev–Trinajstić information content (AvgIpc) is 2.67. The molecule has 1 aromatic carbocycles. The maximum absolute atomic E-state index is 11.0. The molecule has 6 nitrogen and oxygen atoms in total. The van der Waals surface area contributed by atoms with Gasteiger partial charge in [-0.05, 0) is 23.8 Å². The van der Waals surface area contributed by atoms with Gasteiger partial charge < -0.3 is 16.2 Å². The SMILES string of the molecule is NC(=O)c1ccc2c(c1)CC(=O)N2.O=C(O)C(F)(F)F. The molecule has 0 aliphatic carbocycles. The highest BCUT2D eigenvalue weighted by atomic mass is 19.4. The lowest BCUT2D eigenvalue weighted by Crippen LogP contribution is -2.21. The molecule has 0 bridgehead atoms. The third kappa shape index (κ3) is 3.97. The Bertz CT molecular complexity index is 569.